The minimum Gasteiger partial charge on any atom is -0.349 e. The number of hydrogen-bond donors (Lipinski definition) is 0. The van der Waals surface area contributed by atoms with E-state index in [4.69, 9.17) is 12.2 Å². The summed E-state index contributed by atoms with van der Waals surface area (Å²) in [6.07, 6.45) is 1.07. The van der Waals surface area contributed by atoms with Crippen molar-refractivity contribution in [2.45, 2.75) is 19.0 Å². The van der Waals surface area contributed by atoms with Gasteiger partial charge in [-0.05, 0) is 17.5 Å². The van der Waals surface area contributed by atoms with Crippen molar-refractivity contribution in [3.8, 4) is 0 Å². The van der Waals surface area contributed by atoms with Gasteiger partial charge in [-0.15, -0.1) is 0 Å². The van der Waals surface area contributed by atoms with Crippen molar-refractivity contribution in [1.29, 1.82) is 0 Å². The van der Waals surface area contributed by atoms with Gasteiger partial charge in [-0.2, -0.15) is 0 Å². The third-order valence-corrected chi connectivity index (χ3v) is 5.21. The Labute approximate surface area is 130 Å². The molecule has 1 fully saturated rings. The molecule has 0 radical (unpaired) electrons. The Morgan fingerprint density at radius 2 is 1.55 bits per heavy atom. The van der Waals surface area contributed by atoms with Crippen LogP contribution in [0.25, 0.3) is 0 Å². The molecule has 2 aromatic carbocycles. The molecule has 3 rings (SSSR count). The van der Waals surface area contributed by atoms with Crippen LogP contribution in [0.4, 0.5) is 0 Å². The van der Waals surface area contributed by atoms with Crippen LogP contribution in [0.1, 0.15) is 11.1 Å². The van der Waals surface area contributed by atoms with Crippen molar-refractivity contribution in [3.63, 3.8) is 0 Å². The van der Waals surface area contributed by atoms with Gasteiger partial charge in [0.15, 0.2) is 0 Å². The second-order valence-electron chi connectivity index (χ2n) is 5.03. The Balaban J connectivity index is 1.72. The molecule has 102 valence electrons. The topological polar surface area (TPSA) is 3.24 Å². The summed E-state index contributed by atoms with van der Waals surface area (Å²) in [4.78, 5) is 2.38. The molecule has 1 nitrogen and oxygen atoms in total. The van der Waals surface area contributed by atoms with Gasteiger partial charge < -0.3 is 4.90 Å². The lowest BCUT2D eigenvalue weighted by Gasteiger charge is -2.25. The predicted molar refractivity (Wildman–Crippen MR) is 91.0 cm³/mol. The largest absolute Gasteiger partial charge is 0.349 e. The van der Waals surface area contributed by atoms with Gasteiger partial charge in [0.25, 0.3) is 0 Å². The lowest BCUT2D eigenvalue weighted by atomic mass is 10.1. The molecule has 20 heavy (non-hydrogen) atoms. The van der Waals surface area contributed by atoms with Gasteiger partial charge >= 0.3 is 0 Å². The van der Waals surface area contributed by atoms with Crippen molar-refractivity contribution in [3.05, 3.63) is 71.8 Å². The molecule has 3 heteroatoms. The highest BCUT2D eigenvalue weighted by atomic mass is 32.2. The monoisotopic (exact) mass is 299 g/mol. The third kappa shape index (κ3) is 3.22. The minimum absolute atomic E-state index is 0.509. The Hall–Kier alpha value is -1.32. The van der Waals surface area contributed by atoms with Crippen molar-refractivity contribution in [2.75, 3.05) is 5.75 Å². The standard InChI is InChI=1S/C17H17NS2/c19-17-18(12-15-9-5-2-6-10-15)16(13-20-17)11-14-7-3-1-4-8-14/h1-10,16H,11-13H2/t16-/m0/s1. The first-order valence-corrected chi connectivity index (χ1v) is 8.23. The molecule has 0 amide bonds. The fourth-order valence-corrected chi connectivity index (χ4v) is 3.95. The second kappa shape index (κ2) is 6.42. The highest BCUT2D eigenvalue weighted by Gasteiger charge is 2.28. The molecule has 1 aliphatic heterocycles. The SMILES string of the molecule is S=C1SC[C@H](Cc2ccccc2)N1Cc1ccccc1. The minimum atomic E-state index is 0.509. The fraction of sp³-hybridized carbons (Fsp3) is 0.235. The molecule has 2 aromatic rings. The Bertz CT molecular complexity index is 568. The summed E-state index contributed by atoms with van der Waals surface area (Å²) >= 11 is 7.33. The number of nitrogens with zero attached hydrogens (tertiary/aromatic N) is 1. The van der Waals surface area contributed by atoms with E-state index in [-0.39, 0.29) is 0 Å². The smallest absolute Gasteiger partial charge is 0.137 e. The van der Waals surface area contributed by atoms with E-state index in [2.05, 4.69) is 65.6 Å². The molecule has 0 spiro atoms. The normalized spacial score (nSPS) is 18.5. The summed E-state index contributed by atoms with van der Waals surface area (Å²) in [6.45, 7) is 0.921. The molecule has 1 saturated heterocycles. The summed E-state index contributed by atoms with van der Waals surface area (Å²) in [6, 6.07) is 21.8. The number of rotatable bonds is 4. The van der Waals surface area contributed by atoms with E-state index in [0.717, 1.165) is 23.0 Å². The van der Waals surface area contributed by atoms with Crippen LogP contribution in [0, 0.1) is 0 Å². The summed E-state index contributed by atoms with van der Waals surface area (Å²) in [5.74, 6) is 1.10. The maximum Gasteiger partial charge on any atom is 0.137 e. The van der Waals surface area contributed by atoms with Crippen LogP contribution in [-0.4, -0.2) is 21.0 Å². The van der Waals surface area contributed by atoms with E-state index in [1.54, 1.807) is 0 Å². The van der Waals surface area contributed by atoms with Crippen molar-refractivity contribution >= 4 is 28.3 Å². The van der Waals surface area contributed by atoms with Gasteiger partial charge in [-0.3, -0.25) is 0 Å². The lowest BCUT2D eigenvalue weighted by molar-refractivity contribution is 0.346. The van der Waals surface area contributed by atoms with Crippen molar-refractivity contribution in [2.24, 2.45) is 0 Å². The first-order chi connectivity index (χ1) is 9.83. The highest BCUT2D eigenvalue weighted by Crippen LogP contribution is 2.28. The van der Waals surface area contributed by atoms with Crippen molar-refractivity contribution < 1.29 is 0 Å². The van der Waals surface area contributed by atoms with Gasteiger partial charge in [0.2, 0.25) is 0 Å². The van der Waals surface area contributed by atoms with E-state index >= 15 is 0 Å². The maximum absolute atomic E-state index is 5.52. The molecular weight excluding hydrogens is 282 g/mol. The zero-order chi connectivity index (χ0) is 13.8. The summed E-state index contributed by atoms with van der Waals surface area (Å²) in [5.41, 5.74) is 2.72. The van der Waals surface area contributed by atoms with Crippen LogP contribution in [-0.2, 0) is 13.0 Å². The molecule has 0 unspecified atom stereocenters. The van der Waals surface area contributed by atoms with Crippen LogP contribution in [0.5, 0.6) is 0 Å². The zero-order valence-corrected chi connectivity index (χ0v) is 12.9. The van der Waals surface area contributed by atoms with Gasteiger partial charge in [0.05, 0.1) is 0 Å². The molecule has 1 aliphatic rings. The molecular formula is C17H17NS2. The first kappa shape index (κ1) is 13.7. The maximum atomic E-state index is 5.52. The number of thioether (sulfide) groups is 1. The van der Waals surface area contributed by atoms with E-state index in [1.165, 1.54) is 11.1 Å². The van der Waals surface area contributed by atoms with Crippen LogP contribution < -0.4 is 0 Å². The van der Waals surface area contributed by atoms with E-state index in [9.17, 15) is 0 Å². The molecule has 0 N–H and O–H groups in total. The second-order valence-corrected chi connectivity index (χ2v) is 6.69. The van der Waals surface area contributed by atoms with Crippen LogP contribution in [0.15, 0.2) is 60.7 Å². The van der Waals surface area contributed by atoms with E-state index in [0.29, 0.717) is 6.04 Å². The Kier molecular flexibility index (Phi) is 4.38. The summed E-state index contributed by atoms with van der Waals surface area (Å²) in [7, 11) is 0. The summed E-state index contributed by atoms with van der Waals surface area (Å²) in [5, 5.41) is 0. The lowest BCUT2D eigenvalue weighted by Crippen LogP contribution is -2.34. The highest BCUT2D eigenvalue weighted by molar-refractivity contribution is 8.23. The first-order valence-electron chi connectivity index (χ1n) is 6.84. The average molecular weight is 299 g/mol. The number of thiocarbonyl (C=S) groups is 1. The van der Waals surface area contributed by atoms with E-state index < -0.39 is 0 Å². The molecule has 1 atom stereocenters. The Morgan fingerprint density at radius 1 is 0.950 bits per heavy atom. The molecule has 0 bridgehead atoms. The van der Waals surface area contributed by atoms with E-state index in [1.807, 2.05) is 11.8 Å². The number of hydrogen-bond acceptors (Lipinski definition) is 2. The number of benzene rings is 2. The van der Waals surface area contributed by atoms with Gasteiger partial charge in [0, 0.05) is 18.3 Å². The van der Waals surface area contributed by atoms with Gasteiger partial charge in [-0.25, -0.2) is 0 Å². The van der Waals surface area contributed by atoms with Gasteiger partial charge in [0.1, 0.15) is 4.32 Å². The molecule has 0 saturated carbocycles. The predicted octanol–water partition coefficient (Wildman–Crippen LogP) is 4.13. The van der Waals surface area contributed by atoms with Crippen molar-refractivity contribution in [1.82, 2.24) is 4.90 Å². The van der Waals surface area contributed by atoms with Crippen LogP contribution in [0.2, 0.25) is 0 Å². The fourth-order valence-electron chi connectivity index (χ4n) is 2.52. The molecule has 1 heterocycles. The quantitative estimate of drug-likeness (QED) is 0.782. The summed E-state index contributed by atoms with van der Waals surface area (Å²) < 4.78 is 1.04. The third-order valence-electron chi connectivity index (χ3n) is 3.58. The zero-order valence-electron chi connectivity index (χ0n) is 11.2. The molecule has 0 aromatic heterocycles. The average Bonchev–Trinajstić information content (AvgIpc) is 2.83. The molecule has 0 aliphatic carbocycles. The van der Waals surface area contributed by atoms with Crippen LogP contribution >= 0.6 is 24.0 Å². The Morgan fingerprint density at radius 3 is 2.20 bits per heavy atom. The van der Waals surface area contributed by atoms with Crippen LogP contribution in [0.3, 0.4) is 0 Å². The van der Waals surface area contributed by atoms with Gasteiger partial charge in [-0.1, -0.05) is 84.6 Å².